The standard InChI is InChI=1S/C19H32O3/c1-3-4-5-6-7-9-12-15-18(20)16-13-10-8-11-14-17-19(21)22-2/h7,9-10,12-13,15,18,20H,3-6,8,11,14,16-17H2,1-2H3/b9-7-,13-10-,15-12+. The molecule has 0 saturated heterocycles. The molecule has 0 aliphatic carbocycles. The molecule has 1 unspecified atom stereocenters. The van der Waals surface area contributed by atoms with Crippen molar-refractivity contribution < 1.29 is 14.6 Å². The van der Waals surface area contributed by atoms with Gasteiger partial charge in [0, 0.05) is 6.42 Å². The summed E-state index contributed by atoms with van der Waals surface area (Å²) in [5.74, 6) is -0.146. The molecule has 0 aromatic heterocycles. The largest absolute Gasteiger partial charge is 0.469 e. The van der Waals surface area contributed by atoms with Crippen molar-refractivity contribution >= 4 is 5.97 Å². The van der Waals surface area contributed by atoms with Gasteiger partial charge in [-0.15, -0.1) is 0 Å². The van der Waals surface area contributed by atoms with Gasteiger partial charge in [0.15, 0.2) is 0 Å². The van der Waals surface area contributed by atoms with Crippen molar-refractivity contribution in [2.24, 2.45) is 0 Å². The normalized spacial score (nSPS) is 13.4. The maximum Gasteiger partial charge on any atom is 0.305 e. The minimum Gasteiger partial charge on any atom is -0.469 e. The molecular formula is C19H32O3. The van der Waals surface area contributed by atoms with Gasteiger partial charge in [0.25, 0.3) is 0 Å². The van der Waals surface area contributed by atoms with Gasteiger partial charge in [0.1, 0.15) is 0 Å². The highest BCUT2D eigenvalue weighted by Crippen LogP contribution is 2.04. The van der Waals surface area contributed by atoms with Crippen LogP contribution in [0.5, 0.6) is 0 Å². The first-order valence-electron chi connectivity index (χ1n) is 8.44. The number of methoxy groups -OCH3 is 1. The van der Waals surface area contributed by atoms with Crippen LogP contribution >= 0.6 is 0 Å². The molecule has 0 aromatic carbocycles. The van der Waals surface area contributed by atoms with Gasteiger partial charge in [-0.2, -0.15) is 0 Å². The van der Waals surface area contributed by atoms with E-state index < -0.39 is 6.10 Å². The Kier molecular flexibility index (Phi) is 15.0. The van der Waals surface area contributed by atoms with Crippen molar-refractivity contribution in [1.82, 2.24) is 0 Å². The van der Waals surface area contributed by atoms with Gasteiger partial charge in [0.2, 0.25) is 0 Å². The molecule has 1 atom stereocenters. The zero-order chi connectivity index (χ0) is 16.5. The summed E-state index contributed by atoms with van der Waals surface area (Å²) in [6.07, 6.45) is 20.3. The van der Waals surface area contributed by atoms with E-state index in [9.17, 15) is 9.90 Å². The number of carbonyl (C=O) groups is 1. The van der Waals surface area contributed by atoms with E-state index in [1.165, 1.54) is 26.4 Å². The van der Waals surface area contributed by atoms with Crippen LogP contribution in [0.25, 0.3) is 0 Å². The molecule has 0 fully saturated rings. The molecule has 0 spiro atoms. The molecule has 0 saturated carbocycles. The van der Waals surface area contributed by atoms with Crippen LogP contribution in [0.1, 0.15) is 64.7 Å². The Hall–Kier alpha value is -1.35. The number of allylic oxidation sites excluding steroid dienone is 4. The van der Waals surface area contributed by atoms with Gasteiger partial charge in [0.05, 0.1) is 13.2 Å². The summed E-state index contributed by atoms with van der Waals surface area (Å²) in [5.41, 5.74) is 0. The van der Waals surface area contributed by atoms with Crippen LogP contribution in [-0.4, -0.2) is 24.3 Å². The fraction of sp³-hybridized carbons (Fsp3) is 0.632. The number of carbonyl (C=O) groups excluding carboxylic acids is 1. The quantitative estimate of drug-likeness (QED) is 0.232. The van der Waals surface area contributed by atoms with E-state index >= 15 is 0 Å². The Morgan fingerprint density at radius 2 is 1.77 bits per heavy atom. The van der Waals surface area contributed by atoms with Crippen molar-refractivity contribution in [2.45, 2.75) is 70.8 Å². The number of hydrogen-bond donors (Lipinski definition) is 1. The lowest BCUT2D eigenvalue weighted by Crippen LogP contribution is -1.99. The fourth-order valence-corrected chi connectivity index (χ4v) is 1.95. The van der Waals surface area contributed by atoms with Crippen LogP contribution in [0.2, 0.25) is 0 Å². The molecule has 0 amide bonds. The van der Waals surface area contributed by atoms with Gasteiger partial charge >= 0.3 is 5.97 Å². The Bertz CT molecular complexity index is 343. The Labute approximate surface area is 135 Å². The maximum absolute atomic E-state index is 10.9. The third kappa shape index (κ3) is 15.0. The molecule has 22 heavy (non-hydrogen) atoms. The lowest BCUT2D eigenvalue weighted by atomic mass is 10.1. The predicted molar refractivity (Wildman–Crippen MR) is 92.7 cm³/mol. The van der Waals surface area contributed by atoms with Crippen LogP contribution in [0.3, 0.4) is 0 Å². The highest BCUT2D eigenvalue weighted by molar-refractivity contribution is 5.68. The van der Waals surface area contributed by atoms with E-state index in [2.05, 4.69) is 23.8 Å². The van der Waals surface area contributed by atoms with E-state index in [1.54, 1.807) is 0 Å². The average molecular weight is 308 g/mol. The first-order valence-corrected chi connectivity index (χ1v) is 8.44. The monoisotopic (exact) mass is 308 g/mol. The summed E-state index contributed by atoms with van der Waals surface area (Å²) in [5, 5.41) is 9.76. The molecule has 0 heterocycles. The lowest BCUT2D eigenvalue weighted by molar-refractivity contribution is -0.140. The summed E-state index contributed by atoms with van der Waals surface area (Å²) >= 11 is 0. The molecular weight excluding hydrogens is 276 g/mol. The summed E-state index contributed by atoms with van der Waals surface area (Å²) in [7, 11) is 1.41. The van der Waals surface area contributed by atoms with Crippen molar-refractivity contribution in [1.29, 1.82) is 0 Å². The van der Waals surface area contributed by atoms with E-state index in [4.69, 9.17) is 0 Å². The Morgan fingerprint density at radius 3 is 2.50 bits per heavy atom. The van der Waals surface area contributed by atoms with Crippen molar-refractivity contribution in [3.63, 3.8) is 0 Å². The fourth-order valence-electron chi connectivity index (χ4n) is 1.95. The second-order valence-corrected chi connectivity index (χ2v) is 5.41. The zero-order valence-corrected chi connectivity index (χ0v) is 14.2. The first-order chi connectivity index (χ1) is 10.7. The van der Waals surface area contributed by atoms with E-state index in [-0.39, 0.29) is 5.97 Å². The SMILES string of the molecule is CCCCC/C=C\C=C\C(O)C/C=C\CCCCC(=O)OC. The number of aliphatic hydroxyl groups excluding tert-OH is 1. The topological polar surface area (TPSA) is 46.5 Å². The van der Waals surface area contributed by atoms with Gasteiger partial charge in [-0.3, -0.25) is 4.79 Å². The van der Waals surface area contributed by atoms with E-state index in [0.29, 0.717) is 12.8 Å². The third-order valence-corrected chi connectivity index (χ3v) is 3.33. The second-order valence-electron chi connectivity index (χ2n) is 5.41. The highest BCUT2D eigenvalue weighted by Gasteiger charge is 1.98. The predicted octanol–water partition coefficient (Wildman–Crippen LogP) is 4.72. The second kappa shape index (κ2) is 16.0. The molecule has 0 rings (SSSR count). The minimum atomic E-state index is -0.424. The van der Waals surface area contributed by atoms with Gasteiger partial charge in [-0.1, -0.05) is 56.2 Å². The number of rotatable bonds is 13. The Morgan fingerprint density at radius 1 is 1.05 bits per heavy atom. The summed E-state index contributed by atoms with van der Waals surface area (Å²) in [6.45, 7) is 2.20. The molecule has 0 aromatic rings. The molecule has 3 heteroatoms. The van der Waals surface area contributed by atoms with Crippen LogP contribution in [0.4, 0.5) is 0 Å². The van der Waals surface area contributed by atoms with Gasteiger partial charge in [-0.05, 0) is 38.5 Å². The number of unbranched alkanes of at least 4 members (excludes halogenated alkanes) is 5. The van der Waals surface area contributed by atoms with E-state index in [1.807, 2.05) is 24.3 Å². The molecule has 0 bridgehead atoms. The van der Waals surface area contributed by atoms with E-state index in [0.717, 1.165) is 25.7 Å². The Balaban J connectivity index is 3.56. The third-order valence-electron chi connectivity index (χ3n) is 3.33. The molecule has 0 radical (unpaired) electrons. The molecule has 126 valence electrons. The number of hydrogen-bond acceptors (Lipinski definition) is 3. The van der Waals surface area contributed by atoms with Crippen LogP contribution in [-0.2, 0) is 9.53 Å². The first kappa shape index (κ1) is 20.6. The molecule has 1 N–H and O–H groups in total. The van der Waals surface area contributed by atoms with Gasteiger partial charge < -0.3 is 9.84 Å². The average Bonchev–Trinajstić information content (AvgIpc) is 2.52. The molecule has 0 aliphatic rings. The smallest absolute Gasteiger partial charge is 0.305 e. The van der Waals surface area contributed by atoms with Gasteiger partial charge in [-0.25, -0.2) is 0 Å². The number of esters is 1. The molecule has 3 nitrogen and oxygen atoms in total. The van der Waals surface area contributed by atoms with Crippen LogP contribution in [0, 0.1) is 0 Å². The van der Waals surface area contributed by atoms with Crippen molar-refractivity contribution in [2.75, 3.05) is 7.11 Å². The lowest BCUT2D eigenvalue weighted by Gasteiger charge is -2.00. The minimum absolute atomic E-state index is 0.146. The number of aliphatic hydroxyl groups is 1. The number of ether oxygens (including phenoxy) is 1. The van der Waals surface area contributed by atoms with Crippen LogP contribution in [0.15, 0.2) is 36.5 Å². The zero-order valence-electron chi connectivity index (χ0n) is 14.2. The van der Waals surface area contributed by atoms with Crippen molar-refractivity contribution in [3.8, 4) is 0 Å². The summed E-state index contributed by atoms with van der Waals surface area (Å²) in [6, 6.07) is 0. The summed E-state index contributed by atoms with van der Waals surface area (Å²) in [4.78, 5) is 10.9. The highest BCUT2D eigenvalue weighted by atomic mass is 16.5. The van der Waals surface area contributed by atoms with Crippen molar-refractivity contribution in [3.05, 3.63) is 36.5 Å². The summed E-state index contributed by atoms with van der Waals surface area (Å²) < 4.78 is 4.58. The molecule has 0 aliphatic heterocycles. The van der Waals surface area contributed by atoms with Crippen LogP contribution < -0.4 is 0 Å². The maximum atomic E-state index is 10.9.